The molecule has 0 unspecified atom stereocenters. The molecule has 0 radical (unpaired) electrons. The number of fused-ring (bicyclic) bond motifs is 3. The molecule has 1 heterocycles. The Morgan fingerprint density at radius 2 is 1.60 bits per heavy atom. The van der Waals surface area contributed by atoms with Crippen LogP contribution in [0.2, 0.25) is 5.02 Å². The third kappa shape index (κ3) is 5.33. The number of rotatable bonds is 7. The van der Waals surface area contributed by atoms with Crippen molar-refractivity contribution in [2.24, 2.45) is 17.8 Å². The Labute approximate surface area is 294 Å². The molecule has 1 saturated heterocycles. The van der Waals surface area contributed by atoms with E-state index in [9.17, 15) is 24.3 Å². The minimum absolute atomic E-state index is 0.0268. The van der Waals surface area contributed by atoms with Crippen LogP contribution in [0.25, 0.3) is 12.2 Å². The quantitative estimate of drug-likeness (QED) is 0.123. The Kier molecular flexibility index (Phi) is 8.48. The molecule has 0 spiro atoms. The fourth-order valence-electron chi connectivity index (χ4n) is 7.80. The van der Waals surface area contributed by atoms with E-state index in [0.29, 0.717) is 45.9 Å². The number of carbonyl (C=O) groups excluding carboxylic acids is 4. The monoisotopic (exact) mass is 691 g/mol. The number of hydrogen-bond donors (Lipinski definition) is 1. The number of Topliss-reactive ketones (excluding diaryl/α,β-unsaturated/α-hetero) is 1. The van der Waals surface area contributed by atoms with Crippen LogP contribution in [0.1, 0.15) is 42.4 Å². The lowest BCUT2D eigenvalue weighted by Gasteiger charge is -2.42. The number of methoxy groups -OCH3 is 3. The standard InChI is InChI=1S/C40H34ClNO8/c1-20-15-31(43)29-19-28-26(34(36(29)37(20)44)23-17-30(41)38(45)33(18-23)50-4)12-13-27-35(28)40(47)42(39(27)46)24-9-6-21(7-10-24)5-8-22-16-25(48-2)11-14-32(22)49-3/h5-12,14-18,27-28,34-35,45H,13,19H2,1-4H3/t27-,28+,34-,35-/m0/s1. The summed E-state index contributed by atoms with van der Waals surface area (Å²) in [6.07, 6.45) is 7.53. The van der Waals surface area contributed by atoms with E-state index in [4.69, 9.17) is 25.8 Å². The zero-order valence-corrected chi connectivity index (χ0v) is 28.6. The van der Waals surface area contributed by atoms with Crippen molar-refractivity contribution in [2.45, 2.75) is 25.7 Å². The lowest BCUT2D eigenvalue weighted by molar-refractivity contribution is -0.123. The number of halogens is 1. The van der Waals surface area contributed by atoms with E-state index >= 15 is 0 Å². The molecular formula is C40H34ClNO8. The Morgan fingerprint density at radius 1 is 0.860 bits per heavy atom. The first-order chi connectivity index (χ1) is 24.1. The molecule has 1 aliphatic heterocycles. The van der Waals surface area contributed by atoms with Crippen molar-refractivity contribution >= 4 is 52.8 Å². The van der Waals surface area contributed by atoms with Crippen LogP contribution >= 0.6 is 11.6 Å². The summed E-state index contributed by atoms with van der Waals surface area (Å²) < 4.78 is 16.2. The number of imide groups is 1. The van der Waals surface area contributed by atoms with Crippen molar-refractivity contribution < 1.29 is 38.5 Å². The van der Waals surface area contributed by atoms with E-state index in [1.807, 2.05) is 48.6 Å². The number of ether oxygens (including phenoxy) is 3. The number of allylic oxidation sites excluding steroid dienone is 6. The number of benzene rings is 3. The molecular weight excluding hydrogens is 658 g/mol. The van der Waals surface area contributed by atoms with Crippen LogP contribution in [-0.2, 0) is 19.2 Å². The van der Waals surface area contributed by atoms with Crippen LogP contribution in [-0.4, -0.2) is 49.8 Å². The normalized spacial score (nSPS) is 23.0. The van der Waals surface area contributed by atoms with Gasteiger partial charge in [0.2, 0.25) is 11.8 Å². The van der Waals surface area contributed by atoms with E-state index < -0.39 is 23.7 Å². The van der Waals surface area contributed by atoms with Gasteiger partial charge in [-0.2, -0.15) is 0 Å². The van der Waals surface area contributed by atoms with Gasteiger partial charge in [-0.1, -0.05) is 47.5 Å². The van der Waals surface area contributed by atoms with Crippen molar-refractivity contribution in [3.8, 4) is 23.0 Å². The van der Waals surface area contributed by atoms with Gasteiger partial charge in [-0.15, -0.1) is 0 Å². The number of anilines is 1. The van der Waals surface area contributed by atoms with E-state index in [1.54, 1.807) is 45.4 Å². The predicted octanol–water partition coefficient (Wildman–Crippen LogP) is 6.88. The third-order valence-electron chi connectivity index (χ3n) is 10.2. The predicted molar refractivity (Wildman–Crippen MR) is 188 cm³/mol. The van der Waals surface area contributed by atoms with E-state index in [-0.39, 0.29) is 46.3 Å². The molecule has 10 heteroatoms. The van der Waals surface area contributed by atoms with Gasteiger partial charge in [0.15, 0.2) is 23.1 Å². The van der Waals surface area contributed by atoms with Gasteiger partial charge in [-0.05, 0) is 85.4 Å². The van der Waals surface area contributed by atoms with Crippen LogP contribution in [0.5, 0.6) is 23.0 Å². The number of phenols is 1. The highest BCUT2D eigenvalue weighted by Gasteiger charge is 2.56. The summed E-state index contributed by atoms with van der Waals surface area (Å²) in [6, 6.07) is 15.8. The molecule has 1 N–H and O–H groups in total. The number of hydrogen-bond acceptors (Lipinski definition) is 8. The van der Waals surface area contributed by atoms with Gasteiger partial charge < -0.3 is 19.3 Å². The average molecular weight is 692 g/mol. The summed E-state index contributed by atoms with van der Waals surface area (Å²) in [5.41, 5.74) is 4.45. The second-order valence-electron chi connectivity index (χ2n) is 12.8. The molecule has 4 atom stereocenters. The first-order valence-corrected chi connectivity index (χ1v) is 16.6. The lowest BCUT2D eigenvalue weighted by atomic mass is 9.59. The van der Waals surface area contributed by atoms with Crippen LogP contribution in [0.3, 0.4) is 0 Å². The van der Waals surface area contributed by atoms with Gasteiger partial charge in [0.05, 0.1) is 43.9 Å². The SMILES string of the molecule is COc1ccc(OC)c(C=Cc2ccc(N3C(=O)[C@H]4[C@H](CC=C5[C@H](c6cc(Cl)c(O)c(OC)c6)C6=C(C[C@H]54)C(=O)C=C(C)C6=O)C3=O)cc2)c1. The van der Waals surface area contributed by atoms with Gasteiger partial charge in [0, 0.05) is 28.2 Å². The Morgan fingerprint density at radius 3 is 2.30 bits per heavy atom. The maximum absolute atomic E-state index is 14.3. The molecule has 50 heavy (non-hydrogen) atoms. The first kappa shape index (κ1) is 33.1. The molecule has 254 valence electrons. The molecule has 4 aliphatic rings. The molecule has 2 amide bonds. The number of nitrogens with zero attached hydrogens (tertiary/aromatic N) is 1. The molecule has 0 bridgehead atoms. The highest BCUT2D eigenvalue weighted by atomic mass is 35.5. The maximum Gasteiger partial charge on any atom is 0.238 e. The van der Waals surface area contributed by atoms with Crippen molar-refractivity contribution in [2.75, 3.05) is 26.2 Å². The van der Waals surface area contributed by atoms with Crippen LogP contribution in [0.15, 0.2) is 89.0 Å². The van der Waals surface area contributed by atoms with E-state index in [1.165, 1.54) is 18.1 Å². The largest absolute Gasteiger partial charge is 0.503 e. The van der Waals surface area contributed by atoms with E-state index in [0.717, 1.165) is 16.7 Å². The second kappa shape index (κ2) is 12.8. The van der Waals surface area contributed by atoms with Gasteiger partial charge >= 0.3 is 0 Å². The summed E-state index contributed by atoms with van der Waals surface area (Å²) in [4.78, 5) is 56.7. The van der Waals surface area contributed by atoms with Gasteiger partial charge in [0.1, 0.15) is 11.5 Å². The molecule has 0 saturated carbocycles. The summed E-state index contributed by atoms with van der Waals surface area (Å²) in [7, 11) is 4.59. The van der Waals surface area contributed by atoms with Gasteiger partial charge in [-0.3, -0.25) is 24.1 Å². The second-order valence-corrected chi connectivity index (χ2v) is 13.2. The minimum Gasteiger partial charge on any atom is -0.503 e. The van der Waals surface area contributed by atoms with Crippen LogP contribution in [0.4, 0.5) is 5.69 Å². The molecule has 0 aromatic heterocycles. The Bertz CT molecular complexity index is 2110. The lowest BCUT2D eigenvalue weighted by Crippen LogP contribution is -2.39. The number of amides is 2. The minimum atomic E-state index is -0.733. The van der Waals surface area contributed by atoms with Gasteiger partial charge in [0.25, 0.3) is 0 Å². The van der Waals surface area contributed by atoms with Crippen molar-refractivity contribution in [3.63, 3.8) is 0 Å². The zero-order chi connectivity index (χ0) is 35.4. The summed E-state index contributed by atoms with van der Waals surface area (Å²) in [5, 5.41) is 10.5. The summed E-state index contributed by atoms with van der Waals surface area (Å²) in [6.45, 7) is 1.61. The highest BCUT2D eigenvalue weighted by Crippen LogP contribution is 2.56. The third-order valence-corrected chi connectivity index (χ3v) is 10.5. The van der Waals surface area contributed by atoms with E-state index in [2.05, 4.69) is 0 Å². The average Bonchev–Trinajstić information content (AvgIpc) is 3.38. The van der Waals surface area contributed by atoms with Crippen LogP contribution in [0, 0.1) is 17.8 Å². The number of phenolic OH excluding ortho intramolecular Hbond substituents is 1. The Hall–Kier alpha value is -5.41. The highest BCUT2D eigenvalue weighted by molar-refractivity contribution is 6.32. The van der Waals surface area contributed by atoms with Crippen molar-refractivity contribution in [1.29, 1.82) is 0 Å². The topological polar surface area (TPSA) is 119 Å². The number of ketones is 2. The fraction of sp³-hybridized carbons (Fsp3) is 0.250. The zero-order valence-electron chi connectivity index (χ0n) is 27.9. The summed E-state index contributed by atoms with van der Waals surface area (Å²) >= 11 is 6.42. The number of aromatic hydroxyl groups is 1. The summed E-state index contributed by atoms with van der Waals surface area (Å²) in [5.74, 6) is -2.52. The smallest absolute Gasteiger partial charge is 0.238 e. The first-order valence-electron chi connectivity index (χ1n) is 16.2. The van der Waals surface area contributed by atoms with Crippen LogP contribution < -0.4 is 19.1 Å². The fourth-order valence-corrected chi connectivity index (χ4v) is 8.02. The Balaban J connectivity index is 1.22. The molecule has 9 nitrogen and oxygen atoms in total. The molecule has 3 aromatic carbocycles. The number of carbonyl (C=O) groups is 4. The molecule has 3 aromatic rings. The molecule has 3 aliphatic carbocycles. The van der Waals surface area contributed by atoms with Crippen molar-refractivity contribution in [1.82, 2.24) is 0 Å². The molecule has 7 rings (SSSR count). The van der Waals surface area contributed by atoms with Crippen molar-refractivity contribution in [3.05, 3.63) is 111 Å². The maximum atomic E-state index is 14.3. The molecule has 1 fully saturated rings. The van der Waals surface area contributed by atoms with Gasteiger partial charge in [-0.25, -0.2) is 0 Å².